The molecule has 0 aliphatic heterocycles. The van der Waals surface area contributed by atoms with Crippen molar-refractivity contribution >= 4 is 0 Å². The first kappa shape index (κ1) is 16.1. The Morgan fingerprint density at radius 3 is 2.06 bits per heavy atom. The van der Waals surface area contributed by atoms with Gasteiger partial charge in [-0.1, -0.05) is 73.1 Å². The van der Waals surface area contributed by atoms with Crippen molar-refractivity contribution in [2.75, 3.05) is 0 Å². The zero-order chi connectivity index (χ0) is 13.5. The van der Waals surface area contributed by atoms with Gasteiger partial charge in [0.15, 0.2) is 0 Å². The van der Waals surface area contributed by atoms with Crippen LogP contribution in [0.5, 0.6) is 0 Å². The van der Waals surface area contributed by atoms with Crippen LogP contribution in [0.15, 0.2) is 0 Å². The van der Waals surface area contributed by atoms with E-state index in [1.54, 1.807) is 0 Å². The molecule has 1 aliphatic carbocycles. The Kier molecular flexibility index (Phi) is 7.34. The Bertz CT molecular complexity index is 204. The van der Waals surface area contributed by atoms with E-state index in [0.29, 0.717) is 0 Å². The van der Waals surface area contributed by atoms with Gasteiger partial charge in [0.1, 0.15) is 0 Å². The molecule has 1 fully saturated rings. The maximum Gasteiger partial charge on any atom is -0.0363 e. The summed E-state index contributed by atoms with van der Waals surface area (Å²) in [6, 6.07) is 0. The van der Waals surface area contributed by atoms with E-state index in [1.807, 2.05) is 0 Å². The molecule has 0 spiro atoms. The lowest BCUT2D eigenvalue weighted by Crippen LogP contribution is -2.23. The second-order valence-electron chi connectivity index (χ2n) is 7.33. The van der Waals surface area contributed by atoms with E-state index >= 15 is 0 Å². The molecular formula is C18H36. The molecule has 1 aliphatic rings. The predicted octanol–water partition coefficient (Wildman–Crippen LogP) is 6.30. The Labute approximate surface area is 116 Å². The van der Waals surface area contributed by atoms with Gasteiger partial charge in [-0.2, -0.15) is 0 Å². The molecule has 108 valence electrons. The molecular weight excluding hydrogens is 216 g/mol. The van der Waals surface area contributed by atoms with Gasteiger partial charge in [-0.25, -0.2) is 0 Å². The van der Waals surface area contributed by atoms with Crippen LogP contribution in [-0.4, -0.2) is 0 Å². The Balaban J connectivity index is 2.63. The zero-order valence-corrected chi connectivity index (χ0v) is 13.5. The molecule has 0 nitrogen and oxygen atoms in total. The second kappa shape index (κ2) is 8.23. The molecule has 18 heavy (non-hydrogen) atoms. The van der Waals surface area contributed by atoms with Crippen molar-refractivity contribution in [3.05, 3.63) is 0 Å². The van der Waals surface area contributed by atoms with Crippen molar-refractivity contribution < 1.29 is 0 Å². The number of hydrogen-bond donors (Lipinski definition) is 0. The molecule has 0 radical (unpaired) electrons. The highest BCUT2D eigenvalue weighted by Crippen LogP contribution is 2.40. The van der Waals surface area contributed by atoms with Crippen LogP contribution in [0.3, 0.4) is 0 Å². The molecule has 1 saturated carbocycles. The summed E-state index contributed by atoms with van der Waals surface area (Å²) in [7, 11) is 0. The fourth-order valence-corrected chi connectivity index (χ4v) is 3.99. The minimum absolute atomic E-state index is 0.882. The smallest absolute Gasteiger partial charge is 0.0363 e. The van der Waals surface area contributed by atoms with Crippen molar-refractivity contribution in [3.63, 3.8) is 0 Å². The maximum absolute atomic E-state index is 2.45. The minimum Gasteiger partial charge on any atom is -0.0654 e. The first-order chi connectivity index (χ1) is 8.56. The molecule has 1 rings (SSSR count). The topological polar surface area (TPSA) is 0 Å². The van der Waals surface area contributed by atoms with Gasteiger partial charge < -0.3 is 0 Å². The molecule has 0 amide bonds. The fraction of sp³-hybridized carbons (Fsp3) is 1.00. The molecule has 0 saturated heterocycles. The van der Waals surface area contributed by atoms with Crippen molar-refractivity contribution in [2.24, 2.45) is 29.6 Å². The van der Waals surface area contributed by atoms with E-state index < -0.39 is 0 Å². The summed E-state index contributed by atoms with van der Waals surface area (Å²) in [4.78, 5) is 0. The third kappa shape index (κ3) is 4.94. The van der Waals surface area contributed by atoms with Crippen LogP contribution in [0.4, 0.5) is 0 Å². The van der Waals surface area contributed by atoms with E-state index in [0.717, 1.165) is 29.6 Å². The lowest BCUT2D eigenvalue weighted by molar-refractivity contribution is 0.178. The average molecular weight is 252 g/mol. The molecule has 0 heteroatoms. The average Bonchev–Trinajstić information content (AvgIpc) is 2.55. The molecule has 0 aromatic carbocycles. The third-order valence-corrected chi connectivity index (χ3v) is 5.30. The van der Waals surface area contributed by atoms with Gasteiger partial charge in [0.2, 0.25) is 0 Å². The van der Waals surface area contributed by atoms with Gasteiger partial charge in [-0.15, -0.1) is 0 Å². The maximum atomic E-state index is 2.45. The molecule has 0 aromatic heterocycles. The predicted molar refractivity (Wildman–Crippen MR) is 82.8 cm³/mol. The van der Waals surface area contributed by atoms with Crippen molar-refractivity contribution in [2.45, 2.75) is 86.0 Å². The first-order valence-electron chi connectivity index (χ1n) is 8.56. The molecule has 0 bridgehead atoms. The molecule has 3 unspecified atom stereocenters. The standard InChI is InChI=1S/C18H36/c1-6-7-12-18(15(4)5)17-11-9-8-10-16(13-17)14(2)3/h14-18H,6-13H2,1-5H3. The van der Waals surface area contributed by atoms with Gasteiger partial charge in [0.05, 0.1) is 0 Å². The summed E-state index contributed by atoms with van der Waals surface area (Å²) < 4.78 is 0. The van der Waals surface area contributed by atoms with Crippen molar-refractivity contribution in [1.82, 2.24) is 0 Å². The van der Waals surface area contributed by atoms with Gasteiger partial charge in [-0.3, -0.25) is 0 Å². The van der Waals surface area contributed by atoms with E-state index in [1.165, 1.54) is 51.4 Å². The highest BCUT2D eigenvalue weighted by atomic mass is 14.3. The number of hydrogen-bond acceptors (Lipinski definition) is 0. The van der Waals surface area contributed by atoms with Crippen LogP contribution < -0.4 is 0 Å². The summed E-state index contributed by atoms with van der Waals surface area (Å²) in [5, 5.41) is 0. The van der Waals surface area contributed by atoms with Crippen LogP contribution in [-0.2, 0) is 0 Å². The lowest BCUT2D eigenvalue weighted by Gasteiger charge is -2.32. The van der Waals surface area contributed by atoms with E-state index in [9.17, 15) is 0 Å². The van der Waals surface area contributed by atoms with Gasteiger partial charge >= 0.3 is 0 Å². The number of unbranched alkanes of at least 4 members (excludes halogenated alkanes) is 1. The summed E-state index contributed by atoms with van der Waals surface area (Å²) in [6.07, 6.45) is 11.8. The molecule has 0 N–H and O–H groups in total. The highest BCUT2D eigenvalue weighted by Gasteiger charge is 2.29. The molecule has 0 aromatic rings. The summed E-state index contributed by atoms with van der Waals surface area (Å²) in [5.41, 5.74) is 0. The third-order valence-electron chi connectivity index (χ3n) is 5.30. The minimum atomic E-state index is 0.882. The van der Waals surface area contributed by atoms with E-state index in [2.05, 4.69) is 34.6 Å². The van der Waals surface area contributed by atoms with Gasteiger partial charge in [-0.05, 0) is 42.4 Å². The van der Waals surface area contributed by atoms with E-state index in [-0.39, 0.29) is 0 Å². The lowest BCUT2D eigenvalue weighted by atomic mass is 9.73. The Morgan fingerprint density at radius 1 is 0.944 bits per heavy atom. The highest BCUT2D eigenvalue weighted by molar-refractivity contribution is 4.80. The fourth-order valence-electron chi connectivity index (χ4n) is 3.99. The quantitative estimate of drug-likeness (QED) is 0.486. The van der Waals surface area contributed by atoms with Crippen LogP contribution >= 0.6 is 0 Å². The molecule has 0 heterocycles. The Morgan fingerprint density at radius 2 is 1.56 bits per heavy atom. The van der Waals surface area contributed by atoms with Crippen molar-refractivity contribution in [3.8, 4) is 0 Å². The number of rotatable bonds is 6. The van der Waals surface area contributed by atoms with Crippen LogP contribution in [0.1, 0.15) is 86.0 Å². The van der Waals surface area contributed by atoms with Crippen LogP contribution in [0, 0.1) is 29.6 Å². The SMILES string of the molecule is CCCCC(C(C)C)C1CCCCC(C(C)C)C1. The van der Waals surface area contributed by atoms with Crippen LogP contribution in [0.25, 0.3) is 0 Å². The van der Waals surface area contributed by atoms with E-state index in [4.69, 9.17) is 0 Å². The van der Waals surface area contributed by atoms with Crippen molar-refractivity contribution in [1.29, 1.82) is 0 Å². The second-order valence-corrected chi connectivity index (χ2v) is 7.33. The van der Waals surface area contributed by atoms with Gasteiger partial charge in [0.25, 0.3) is 0 Å². The summed E-state index contributed by atoms with van der Waals surface area (Å²) in [6.45, 7) is 12.1. The monoisotopic (exact) mass is 252 g/mol. The normalized spacial score (nSPS) is 27.5. The largest absolute Gasteiger partial charge is 0.0654 e. The zero-order valence-electron chi connectivity index (χ0n) is 13.5. The summed E-state index contributed by atoms with van der Waals surface area (Å²) in [5.74, 6) is 4.79. The first-order valence-corrected chi connectivity index (χ1v) is 8.56. The Hall–Kier alpha value is 0. The summed E-state index contributed by atoms with van der Waals surface area (Å²) >= 11 is 0. The molecule has 3 atom stereocenters. The van der Waals surface area contributed by atoms with Crippen LogP contribution in [0.2, 0.25) is 0 Å². The van der Waals surface area contributed by atoms with Gasteiger partial charge in [0, 0.05) is 0 Å².